The number of thiol groups is 1. The number of hydrogen-bond acceptors (Lipinski definition) is 4. The Morgan fingerprint density at radius 3 is 2.88 bits per heavy atom. The summed E-state index contributed by atoms with van der Waals surface area (Å²) in [6, 6.07) is 0. The van der Waals surface area contributed by atoms with Crippen molar-refractivity contribution in [3.8, 4) is 0 Å². The van der Waals surface area contributed by atoms with Gasteiger partial charge < -0.3 is 0 Å². The molecule has 0 aromatic carbocycles. The Morgan fingerprint density at radius 1 is 1.88 bits per heavy atom. The Morgan fingerprint density at radius 2 is 2.62 bits per heavy atom. The van der Waals surface area contributed by atoms with E-state index >= 15 is 0 Å². The lowest BCUT2D eigenvalue weighted by molar-refractivity contribution is 0.713. The average Bonchev–Trinajstić information content (AvgIpc) is 2.14. The second-order valence-electron chi connectivity index (χ2n) is 1.32. The third-order valence-electron chi connectivity index (χ3n) is 0.675. The van der Waals surface area contributed by atoms with Gasteiger partial charge in [0, 0.05) is 7.05 Å². The summed E-state index contributed by atoms with van der Waals surface area (Å²) in [6.45, 7) is 0. The predicted molar refractivity (Wildman–Crippen MR) is 35.8 cm³/mol. The highest BCUT2D eigenvalue weighted by Gasteiger charge is 1.91. The molecule has 0 N–H and O–H groups in total. The molecule has 0 bridgehead atoms. The Balaban J connectivity index is 2.84. The maximum atomic E-state index is 3.92. The molecule has 0 spiro atoms. The Kier molecular flexibility index (Phi) is 1.80. The van der Waals surface area contributed by atoms with Gasteiger partial charge in [-0.15, -0.1) is 16.8 Å². The van der Waals surface area contributed by atoms with Gasteiger partial charge in [-0.05, 0) is 10.8 Å². The van der Waals surface area contributed by atoms with Crippen LogP contribution in [-0.2, 0) is 7.05 Å². The number of hydrogen-bond donors (Lipinski definition) is 1. The first-order valence-electron chi connectivity index (χ1n) is 2.00. The average molecular weight is 147 g/mol. The first-order valence-corrected chi connectivity index (χ1v) is 3.87. The molecule has 5 heteroatoms. The lowest BCUT2D eigenvalue weighted by Crippen LogP contribution is -1.85. The van der Waals surface area contributed by atoms with Gasteiger partial charge in [0.2, 0.25) is 0 Å². The Labute approximate surface area is 56.3 Å². The van der Waals surface area contributed by atoms with Crippen LogP contribution in [0.4, 0.5) is 0 Å². The van der Waals surface area contributed by atoms with Gasteiger partial charge in [0.1, 0.15) is 5.03 Å². The largest absolute Gasteiger partial charge is 0.254 e. The molecule has 0 aliphatic heterocycles. The quantitative estimate of drug-likeness (QED) is 0.470. The molecule has 3 nitrogen and oxygen atoms in total. The normalized spacial score (nSPS) is 9.75. The summed E-state index contributed by atoms with van der Waals surface area (Å²) in [5.41, 5.74) is 0. The standard InChI is InChI=1S/C3H5N3S2/c1-6-2-3(8-7)4-5-6/h2,7H,1H3. The van der Waals surface area contributed by atoms with Crippen molar-refractivity contribution < 1.29 is 0 Å². The fourth-order valence-electron chi connectivity index (χ4n) is 0.368. The highest BCUT2D eigenvalue weighted by molar-refractivity contribution is 8.68. The van der Waals surface area contributed by atoms with E-state index in [2.05, 4.69) is 22.0 Å². The van der Waals surface area contributed by atoms with Crippen LogP contribution in [0.3, 0.4) is 0 Å². The van der Waals surface area contributed by atoms with Crippen LogP contribution in [0.1, 0.15) is 0 Å². The molecule has 1 aromatic heterocycles. The maximum absolute atomic E-state index is 3.92. The summed E-state index contributed by atoms with van der Waals surface area (Å²) in [7, 11) is 3.11. The van der Waals surface area contributed by atoms with Crippen molar-refractivity contribution in [3.63, 3.8) is 0 Å². The monoisotopic (exact) mass is 147 g/mol. The van der Waals surface area contributed by atoms with Crippen molar-refractivity contribution >= 4 is 22.5 Å². The third kappa shape index (κ3) is 1.16. The minimum absolute atomic E-state index is 0.829. The maximum Gasteiger partial charge on any atom is 0.149 e. The zero-order chi connectivity index (χ0) is 5.98. The molecule has 0 unspecified atom stereocenters. The van der Waals surface area contributed by atoms with E-state index in [0.717, 1.165) is 5.03 Å². The molecule has 0 saturated heterocycles. The first kappa shape index (κ1) is 5.97. The SMILES string of the molecule is Cn1cc(SS)nn1. The van der Waals surface area contributed by atoms with Crippen molar-refractivity contribution in [2.75, 3.05) is 0 Å². The van der Waals surface area contributed by atoms with Crippen LogP contribution in [0.5, 0.6) is 0 Å². The van der Waals surface area contributed by atoms with E-state index in [9.17, 15) is 0 Å². The van der Waals surface area contributed by atoms with Gasteiger partial charge in [0.25, 0.3) is 0 Å². The molecule has 44 valence electrons. The van der Waals surface area contributed by atoms with Crippen LogP contribution >= 0.6 is 22.5 Å². The van der Waals surface area contributed by atoms with E-state index in [-0.39, 0.29) is 0 Å². The van der Waals surface area contributed by atoms with E-state index < -0.39 is 0 Å². The molecule has 0 aliphatic carbocycles. The van der Waals surface area contributed by atoms with Crippen LogP contribution in [-0.4, -0.2) is 15.0 Å². The van der Waals surface area contributed by atoms with Gasteiger partial charge >= 0.3 is 0 Å². The van der Waals surface area contributed by atoms with Crippen molar-refractivity contribution in [2.24, 2.45) is 7.05 Å². The topological polar surface area (TPSA) is 30.7 Å². The van der Waals surface area contributed by atoms with Crippen LogP contribution in [0.25, 0.3) is 0 Å². The van der Waals surface area contributed by atoms with E-state index in [1.165, 1.54) is 10.8 Å². The lowest BCUT2D eigenvalue weighted by atomic mass is 10.9. The number of rotatable bonds is 1. The second kappa shape index (κ2) is 2.41. The summed E-state index contributed by atoms with van der Waals surface area (Å²) in [5.74, 6) is 0. The van der Waals surface area contributed by atoms with Crippen LogP contribution in [0.2, 0.25) is 0 Å². The van der Waals surface area contributed by atoms with Gasteiger partial charge in [0.05, 0.1) is 6.20 Å². The molecule has 0 saturated carbocycles. The minimum Gasteiger partial charge on any atom is -0.254 e. The third-order valence-corrected chi connectivity index (χ3v) is 1.61. The molecule has 1 rings (SSSR count). The molecule has 0 fully saturated rings. The zero-order valence-corrected chi connectivity index (χ0v) is 5.99. The number of aryl methyl sites for hydroxylation is 1. The first-order chi connectivity index (χ1) is 3.83. The molecular weight excluding hydrogens is 142 g/mol. The highest BCUT2D eigenvalue weighted by atomic mass is 33.1. The summed E-state index contributed by atoms with van der Waals surface area (Å²) in [4.78, 5) is 0. The molecule has 8 heavy (non-hydrogen) atoms. The Bertz CT molecular complexity index is 173. The fraction of sp³-hybridized carbons (Fsp3) is 0.333. The summed E-state index contributed by atoms with van der Waals surface area (Å²) in [6.07, 6.45) is 1.80. The molecule has 1 aromatic rings. The van der Waals surface area contributed by atoms with Gasteiger partial charge in [-0.1, -0.05) is 5.21 Å². The fourth-order valence-corrected chi connectivity index (χ4v) is 0.892. The molecule has 1 heterocycles. The molecule has 0 amide bonds. The van der Waals surface area contributed by atoms with Crippen molar-refractivity contribution in [1.82, 2.24) is 15.0 Å². The van der Waals surface area contributed by atoms with Gasteiger partial charge in [-0.3, -0.25) is 4.68 Å². The van der Waals surface area contributed by atoms with E-state index in [1.54, 1.807) is 10.9 Å². The second-order valence-corrected chi connectivity index (χ2v) is 2.47. The van der Waals surface area contributed by atoms with Gasteiger partial charge in [-0.2, -0.15) is 0 Å². The van der Waals surface area contributed by atoms with Gasteiger partial charge in [-0.25, -0.2) is 0 Å². The van der Waals surface area contributed by atoms with Crippen molar-refractivity contribution in [1.29, 1.82) is 0 Å². The van der Waals surface area contributed by atoms with Gasteiger partial charge in [0.15, 0.2) is 0 Å². The summed E-state index contributed by atoms with van der Waals surface area (Å²) < 4.78 is 1.64. The number of nitrogens with zero attached hydrogens (tertiary/aromatic N) is 3. The number of aromatic nitrogens is 3. The van der Waals surface area contributed by atoms with E-state index in [1.807, 2.05) is 7.05 Å². The van der Waals surface area contributed by atoms with Crippen LogP contribution < -0.4 is 0 Å². The molecule has 0 atom stereocenters. The Hall–Kier alpha value is -0.160. The highest BCUT2D eigenvalue weighted by Crippen LogP contribution is 2.15. The minimum atomic E-state index is 0.829. The molecular formula is C3H5N3S2. The zero-order valence-electron chi connectivity index (χ0n) is 4.27. The van der Waals surface area contributed by atoms with Crippen molar-refractivity contribution in [2.45, 2.75) is 5.03 Å². The van der Waals surface area contributed by atoms with Crippen LogP contribution in [0, 0.1) is 0 Å². The summed E-state index contributed by atoms with van der Waals surface area (Å²) in [5, 5.41) is 8.25. The van der Waals surface area contributed by atoms with E-state index in [4.69, 9.17) is 0 Å². The molecule has 0 radical (unpaired) electrons. The predicted octanol–water partition coefficient (Wildman–Crippen LogP) is 0.752. The van der Waals surface area contributed by atoms with Crippen LogP contribution in [0.15, 0.2) is 11.2 Å². The summed E-state index contributed by atoms with van der Waals surface area (Å²) >= 11 is 3.92. The van der Waals surface area contributed by atoms with Crippen molar-refractivity contribution in [3.05, 3.63) is 6.20 Å². The molecule has 0 aliphatic rings. The lowest BCUT2D eigenvalue weighted by Gasteiger charge is -1.77. The smallest absolute Gasteiger partial charge is 0.149 e. The van der Waals surface area contributed by atoms with E-state index in [0.29, 0.717) is 0 Å².